The van der Waals surface area contributed by atoms with E-state index < -0.39 is 0 Å². The molecule has 0 unspecified atom stereocenters. The molecule has 3 aromatic carbocycles. The zero-order valence-corrected chi connectivity index (χ0v) is 17.1. The largest absolute Gasteiger partial charge is 0.307 e. The molecule has 150 valence electrons. The molecule has 0 N–H and O–H groups in total. The Labute approximate surface area is 175 Å². The van der Waals surface area contributed by atoms with Gasteiger partial charge in [-0.1, -0.05) is 66.7 Å². The Morgan fingerprint density at radius 3 is 2.23 bits per heavy atom. The van der Waals surface area contributed by atoms with Gasteiger partial charge in [-0.3, -0.25) is 9.59 Å². The molecule has 0 radical (unpaired) electrons. The highest BCUT2D eigenvalue weighted by atomic mass is 16.2. The SMILES string of the molecule is CCN(C(=O)c1nn(Cc2ccccc2)c(=O)c2ccccc12)c1ccccc1C. The van der Waals surface area contributed by atoms with Crippen LogP contribution in [0, 0.1) is 6.92 Å². The van der Waals surface area contributed by atoms with Gasteiger partial charge in [0.1, 0.15) is 0 Å². The Morgan fingerprint density at radius 1 is 0.900 bits per heavy atom. The molecule has 4 rings (SSSR count). The molecule has 30 heavy (non-hydrogen) atoms. The fourth-order valence-electron chi connectivity index (χ4n) is 3.67. The summed E-state index contributed by atoms with van der Waals surface area (Å²) in [6.07, 6.45) is 0. The highest BCUT2D eigenvalue weighted by molar-refractivity contribution is 6.12. The zero-order chi connectivity index (χ0) is 21.1. The van der Waals surface area contributed by atoms with Crippen LogP contribution in [0.5, 0.6) is 0 Å². The highest BCUT2D eigenvalue weighted by Gasteiger charge is 2.23. The minimum absolute atomic E-state index is 0.204. The topological polar surface area (TPSA) is 55.2 Å². The minimum atomic E-state index is -0.218. The average Bonchev–Trinajstić information content (AvgIpc) is 2.78. The van der Waals surface area contributed by atoms with Gasteiger partial charge in [-0.2, -0.15) is 5.10 Å². The van der Waals surface area contributed by atoms with Crippen LogP contribution >= 0.6 is 0 Å². The molecule has 1 aromatic heterocycles. The lowest BCUT2D eigenvalue weighted by molar-refractivity contribution is 0.0983. The average molecular weight is 397 g/mol. The van der Waals surface area contributed by atoms with Gasteiger partial charge in [0.15, 0.2) is 5.69 Å². The monoisotopic (exact) mass is 397 g/mol. The molecule has 0 saturated carbocycles. The summed E-state index contributed by atoms with van der Waals surface area (Å²) in [6.45, 7) is 4.72. The van der Waals surface area contributed by atoms with Crippen LogP contribution in [0.15, 0.2) is 83.7 Å². The van der Waals surface area contributed by atoms with Crippen molar-refractivity contribution in [3.05, 3.63) is 106 Å². The minimum Gasteiger partial charge on any atom is -0.307 e. The second-order valence-corrected chi connectivity index (χ2v) is 7.18. The fraction of sp³-hybridized carbons (Fsp3) is 0.160. The van der Waals surface area contributed by atoms with E-state index in [1.54, 1.807) is 17.0 Å². The van der Waals surface area contributed by atoms with Gasteiger partial charge >= 0.3 is 0 Å². The van der Waals surface area contributed by atoms with Crippen LogP contribution in [0.2, 0.25) is 0 Å². The number of para-hydroxylation sites is 1. The summed E-state index contributed by atoms with van der Waals surface area (Å²) in [6, 6.07) is 24.6. The first-order chi connectivity index (χ1) is 14.6. The maximum atomic E-state index is 13.6. The van der Waals surface area contributed by atoms with Crippen molar-refractivity contribution in [3.8, 4) is 0 Å². The molecule has 1 heterocycles. The number of amides is 1. The number of anilines is 1. The number of fused-ring (bicyclic) bond motifs is 1. The van der Waals surface area contributed by atoms with Gasteiger partial charge in [-0.15, -0.1) is 0 Å². The van der Waals surface area contributed by atoms with Gasteiger partial charge in [0, 0.05) is 17.6 Å². The van der Waals surface area contributed by atoms with Crippen LogP contribution in [0.25, 0.3) is 10.8 Å². The molecule has 4 aromatic rings. The van der Waals surface area contributed by atoms with E-state index in [2.05, 4.69) is 5.10 Å². The van der Waals surface area contributed by atoms with Crippen molar-refractivity contribution in [3.63, 3.8) is 0 Å². The number of carbonyl (C=O) groups excluding carboxylic acids is 1. The Bertz CT molecular complexity index is 1260. The molecule has 5 nitrogen and oxygen atoms in total. The first kappa shape index (κ1) is 19.6. The number of nitrogens with zero attached hydrogens (tertiary/aromatic N) is 3. The summed E-state index contributed by atoms with van der Waals surface area (Å²) < 4.78 is 1.39. The molecule has 0 fully saturated rings. The lowest BCUT2D eigenvalue weighted by atomic mass is 10.1. The Morgan fingerprint density at radius 2 is 1.53 bits per heavy atom. The number of benzene rings is 3. The van der Waals surface area contributed by atoms with E-state index >= 15 is 0 Å². The summed E-state index contributed by atoms with van der Waals surface area (Å²) in [5.74, 6) is -0.218. The van der Waals surface area contributed by atoms with E-state index in [0.29, 0.717) is 23.9 Å². The van der Waals surface area contributed by atoms with Crippen LogP contribution in [0.1, 0.15) is 28.5 Å². The van der Waals surface area contributed by atoms with E-state index in [1.165, 1.54) is 4.68 Å². The highest BCUT2D eigenvalue weighted by Crippen LogP contribution is 2.23. The van der Waals surface area contributed by atoms with Crippen LogP contribution in [0.4, 0.5) is 5.69 Å². The second-order valence-electron chi connectivity index (χ2n) is 7.18. The van der Waals surface area contributed by atoms with E-state index in [1.807, 2.05) is 80.6 Å². The van der Waals surface area contributed by atoms with E-state index in [4.69, 9.17) is 0 Å². The lowest BCUT2D eigenvalue weighted by Crippen LogP contribution is -2.35. The summed E-state index contributed by atoms with van der Waals surface area (Å²) in [7, 11) is 0. The maximum absolute atomic E-state index is 13.6. The number of hydrogen-bond donors (Lipinski definition) is 0. The molecule has 5 heteroatoms. The van der Waals surface area contributed by atoms with Gasteiger partial charge in [0.05, 0.1) is 11.9 Å². The number of hydrogen-bond acceptors (Lipinski definition) is 3. The Hall–Kier alpha value is -3.73. The van der Waals surface area contributed by atoms with Gasteiger partial charge < -0.3 is 4.90 Å². The lowest BCUT2D eigenvalue weighted by Gasteiger charge is -2.23. The predicted octanol–water partition coefficient (Wildman–Crippen LogP) is 4.42. The third kappa shape index (κ3) is 3.62. The second kappa shape index (κ2) is 8.33. The van der Waals surface area contributed by atoms with Crippen LogP contribution < -0.4 is 10.5 Å². The molecular weight excluding hydrogens is 374 g/mol. The fourth-order valence-corrected chi connectivity index (χ4v) is 3.67. The van der Waals surface area contributed by atoms with Gasteiger partial charge in [0.2, 0.25) is 0 Å². The number of carbonyl (C=O) groups is 1. The van der Waals surface area contributed by atoms with E-state index in [0.717, 1.165) is 16.8 Å². The maximum Gasteiger partial charge on any atom is 0.279 e. The smallest absolute Gasteiger partial charge is 0.279 e. The quantitative estimate of drug-likeness (QED) is 0.501. The van der Waals surface area contributed by atoms with Crippen LogP contribution in [-0.2, 0) is 6.54 Å². The van der Waals surface area contributed by atoms with Crippen LogP contribution in [-0.4, -0.2) is 22.2 Å². The van der Waals surface area contributed by atoms with Crippen LogP contribution in [0.3, 0.4) is 0 Å². The van der Waals surface area contributed by atoms with Gasteiger partial charge in [-0.25, -0.2) is 4.68 Å². The molecular formula is C25H23N3O2. The standard InChI is InChI=1S/C25H23N3O2/c1-3-27(22-16-10-7-11-18(22)2)25(30)23-20-14-8-9-15-21(20)24(29)28(26-23)17-19-12-5-4-6-13-19/h4-16H,3,17H2,1-2H3. The van der Waals surface area contributed by atoms with Crippen molar-refractivity contribution in [1.29, 1.82) is 0 Å². The number of aryl methyl sites for hydroxylation is 1. The molecule has 1 amide bonds. The third-order valence-electron chi connectivity index (χ3n) is 5.21. The molecule has 0 spiro atoms. The molecule has 0 aliphatic heterocycles. The van der Waals surface area contributed by atoms with E-state index in [9.17, 15) is 9.59 Å². The molecule has 0 bridgehead atoms. The number of aromatic nitrogens is 2. The molecule has 0 atom stereocenters. The predicted molar refractivity (Wildman–Crippen MR) is 120 cm³/mol. The Kier molecular flexibility index (Phi) is 5.44. The third-order valence-corrected chi connectivity index (χ3v) is 5.21. The normalized spacial score (nSPS) is 10.9. The Balaban J connectivity index is 1.87. The first-order valence-corrected chi connectivity index (χ1v) is 10.0. The summed E-state index contributed by atoms with van der Waals surface area (Å²) in [5, 5.41) is 5.60. The van der Waals surface area contributed by atoms with Crippen molar-refractivity contribution >= 4 is 22.4 Å². The van der Waals surface area contributed by atoms with Gasteiger partial charge in [-0.05, 0) is 37.1 Å². The van der Waals surface area contributed by atoms with Gasteiger partial charge in [0.25, 0.3) is 11.5 Å². The molecule has 0 aliphatic rings. The van der Waals surface area contributed by atoms with Crippen molar-refractivity contribution < 1.29 is 4.79 Å². The number of rotatable bonds is 5. The molecule has 0 saturated heterocycles. The van der Waals surface area contributed by atoms with Crippen molar-refractivity contribution in [2.45, 2.75) is 20.4 Å². The zero-order valence-electron chi connectivity index (χ0n) is 17.1. The summed E-state index contributed by atoms with van der Waals surface area (Å²) in [4.78, 5) is 28.4. The van der Waals surface area contributed by atoms with Crippen molar-refractivity contribution in [1.82, 2.24) is 9.78 Å². The van der Waals surface area contributed by atoms with Crippen molar-refractivity contribution in [2.75, 3.05) is 11.4 Å². The first-order valence-electron chi connectivity index (χ1n) is 10.0. The summed E-state index contributed by atoms with van der Waals surface area (Å²) in [5.41, 5.74) is 2.88. The summed E-state index contributed by atoms with van der Waals surface area (Å²) >= 11 is 0. The van der Waals surface area contributed by atoms with E-state index in [-0.39, 0.29) is 17.2 Å². The molecule has 0 aliphatic carbocycles. The van der Waals surface area contributed by atoms with Crippen molar-refractivity contribution in [2.24, 2.45) is 0 Å².